The molecule has 1 aromatic rings. The normalized spacial score (nSPS) is 24.3. The van der Waals surface area contributed by atoms with Gasteiger partial charge in [0.15, 0.2) is 0 Å². The SMILES string of the molecule is N[C@@H]1CCC[C@@H]1C(=O)NCc1ccccc1. The number of rotatable bonds is 3. The van der Waals surface area contributed by atoms with Gasteiger partial charge in [-0.1, -0.05) is 36.8 Å². The second-order valence-electron chi connectivity index (χ2n) is 4.40. The summed E-state index contributed by atoms with van der Waals surface area (Å²) >= 11 is 0. The van der Waals surface area contributed by atoms with E-state index < -0.39 is 0 Å². The zero-order chi connectivity index (χ0) is 11.4. The fraction of sp³-hybridized carbons (Fsp3) is 0.462. The molecule has 3 N–H and O–H groups in total. The van der Waals surface area contributed by atoms with Crippen molar-refractivity contribution < 1.29 is 4.79 Å². The van der Waals surface area contributed by atoms with Crippen LogP contribution < -0.4 is 11.1 Å². The number of hydrogen-bond acceptors (Lipinski definition) is 2. The van der Waals surface area contributed by atoms with Crippen LogP contribution >= 0.6 is 0 Å². The Balaban J connectivity index is 1.84. The topological polar surface area (TPSA) is 55.1 Å². The van der Waals surface area contributed by atoms with Gasteiger partial charge in [-0.15, -0.1) is 0 Å². The first-order valence-corrected chi connectivity index (χ1v) is 5.84. The van der Waals surface area contributed by atoms with Crippen LogP contribution in [0.25, 0.3) is 0 Å². The molecule has 1 fully saturated rings. The molecule has 0 aliphatic heterocycles. The number of carbonyl (C=O) groups excluding carboxylic acids is 1. The van der Waals surface area contributed by atoms with Crippen LogP contribution in [0.3, 0.4) is 0 Å². The Kier molecular flexibility index (Phi) is 3.57. The van der Waals surface area contributed by atoms with Gasteiger partial charge < -0.3 is 11.1 Å². The Hall–Kier alpha value is -1.35. The number of nitrogens with one attached hydrogen (secondary N) is 1. The third-order valence-corrected chi connectivity index (χ3v) is 3.22. The Morgan fingerprint density at radius 3 is 2.69 bits per heavy atom. The summed E-state index contributed by atoms with van der Waals surface area (Å²) in [5.74, 6) is 0.123. The smallest absolute Gasteiger partial charge is 0.224 e. The van der Waals surface area contributed by atoms with Gasteiger partial charge in [0.1, 0.15) is 0 Å². The highest BCUT2D eigenvalue weighted by Crippen LogP contribution is 2.23. The minimum absolute atomic E-state index is 0.0173. The molecule has 0 bridgehead atoms. The summed E-state index contributed by atoms with van der Waals surface area (Å²) in [6, 6.07) is 9.99. The maximum Gasteiger partial charge on any atom is 0.224 e. The van der Waals surface area contributed by atoms with Crippen LogP contribution in [0.5, 0.6) is 0 Å². The van der Waals surface area contributed by atoms with Crippen LogP contribution in [0.4, 0.5) is 0 Å². The van der Waals surface area contributed by atoms with Crippen LogP contribution in [0.15, 0.2) is 30.3 Å². The number of benzene rings is 1. The van der Waals surface area contributed by atoms with E-state index in [1.807, 2.05) is 30.3 Å². The zero-order valence-corrected chi connectivity index (χ0v) is 9.36. The summed E-state index contributed by atoms with van der Waals surface area (Å²) in [5, 5.41) is 2.95. The first-order valence-electron chi connectivity index (χ1n) is 5.84. The standard InChI is InChI=1S/C13H18N2O/c14-12-8-4-7-11(12)13(16)15-9-10-5-2-1-3-6-10/h1-3,5-6,11-12H,4,7-9,14H2,(H,15,16)/t11-,12+/m0/s1. The van der Waals surface area contributed by atoms with E-state index in [9.17, 15) is 4.79 Å². The minimum Gasteiger partial charge on any atom is -0.352 e. The Labute approximate surface area is 96.0 Å². The molecule has 0 saturated heterocycles. The average molecular weight is 218 g/mol. The highest BCUT2D eigenvalue weighted by atomic mass is 16.1. The van der Waals surface area contributed by atoms with Crippen molar-refractivity contribution in [3.05, 3.63) is 35.9 Å². The number of nitrogens with two attached hydrogens (primary N) is 1. The van der Waals surface area contributed by atoms with Gasteiger partial charge in [0.25, 0.3) is 0 Å². The van der Waals surface area contributed by atoms with Crippen molar-refractivity contribution in [2.24, 2.45) is 11.7 Å². The third kappa shape index (κ3) is 2.61. The summed E-state index contributed by atoms with van der Waals surface area (Å²) in [4.78, 5) is 11.8. The summed E-state index contributed by atoms with van der Waals surface area (Å²) in [5.41, 5.74) is 7.02. The van der Waals surface area contributed by atoms with Crippen molar-refractivity contribution in [2.45, 2.75) is 31.8 Å². The van der Waals surface area contributed by atoms with Gasteiger partial charge in [-0.25, -0.2) is 0 Å². The van der Waals surface area contributed by atoms with E-state index in [1.54, 1.807) is 0 Å². The molecule has 2 rings (SSSR count). The van der Waals surface area contributed by atoms with Gasteiger partial charge in [0.2, 0.25) is 5.91 Å². The first-order chi connectivity index (χ1) is 7.77. The van der Waals surface area contributed by atoms with Gasteiger partial charge in [0, 0.05) is 12.6 Å². The summed E-state index contributed by atoms with van der Waals surface area (Å²) in [6.45, 7) is 0.600. The Morgan fingerprint density at radius 2 is 2.06 bits per heavy atom. The fourth-order valence-electron chi connectivity index (χ4n) is 2.23. The van der Waals surface area contributed by atoms with Gasteiger partial charge >= 0.3 is 0 Å². The van der Waals surface area contributed by atoms with Crippen LogP contribution in [0.2, 0.25) is 0 Å². The van der Waals surface area contributed by atoms with Crippen molar-refractivity contribution in [3.63, 3.8) is 0 Å². The van der Waals surface area contributed by atoms with E-state index in [4.69, 9.17) is 5.73 Å². The summed E-state index contributed by atoms with van der Waals surface area (Å²) < 4.78 is 0. The second kappa shape index (κ2) is 5.12. The van der Waals surface area contributed by atoms with Crippen LogP contribution in [-0.4, -0.2) is 11.9 Å². The lowest BCUT2D eigenvalue weighted by atomic mass is 10.0. The lowest BCUT2D eigenvalue weighted by molar-refractivity contribution is -0.125. The van der Waals surface area contributed by atoms with Crippen LogP contribution in [0, 0.1) is 5.92 Å². The molecule has 86 valence electrons. The van der Waals surface area contributed by atoms with E-state index in [2.05, 4.69) is 5.32 Å². The zero-order valence-electron chi connectivity index (χ0n) is 9.36. The van der Waals surface area contributed by atoms with E-state index in [0.717, 1.165) is 24.8 Å². The van der Waals surface area contributed by atoms with E-state index in [-0.39, 0.29) is 17.9 Å². The molecular weight excluding hydrogens is 200 g/mol. The largest absolute Gasteiger partial charge is 0.352 e. The predicted molar refractivity (Wildman–Crippen MR) is 63.6 cm³/mol. The molecular formula is C13H18N2O. The van der Waals surface area contributed by atoms with Gasteiger partial charge in [-0.2, -0.15) is 0 Å². The van der Waals surface area contributed by atoms with Crippen LogP contribution in [0.1, 0.15) is 24.8 Å². The molecule has 0 spiro atoms. The maximum absolute atomic E-state index is 11.8. The Bertz CT molecular complexity index is 350. The molecule has 16 heavy (non-hydrogen) atoms. The molecule has 1 aliphatic carbocycles. The van der Waals surface area contributed by atoms with E-state index in [1.165, 1.54) is 0 Å². The lowest BCUT2D eigenvalue weighted by Gasteiger charge is -2.15. The van der Waals surface area contributed by atoms with Gasteiger partial charge in [0.05, 0.1) is 5.92 Å². The molecule has 1 saturated carbocycles. The molecule has 0 heterocycles. The summed E-state index contributed by atoms with van der Waals surface area (Å²) in [6.07, 6.45) is 2.98. The molecule has 1 aliphatic rings. The van der Waals surface area contributed by atoms with E-state index in [0.29, 0.717) is 6.54 Å². The Morgan fingerprint density at radius 1 is 1.31 bits per heavy atom. The highest BCUT2D eigenvalue weighted by molar-refractivity contribution is 5.79. The second-order valence-corrected chi connectivity index (χ2v) is 4.40. The fourth-order valence-corrected chi connectivity index (χ4v) is 2.23. The molecule has 3 heteroatoms. The van der Waals surface area contributed by atoms with Crippen LogP contribution in [-0.2, 0) is 11.3 Å². The molecule has 1 amide bonds. The number of amides is 1. The van der Waals surface area contributed by atoms with Crippen molar-refractivity contribution in [2.75, 3.05) is 0 Å². The molecule has 3 nitrogen and oxygen atoms in total. The van der Waals surface area contributed by atoms with Crippen molar-refractivity contribution in [1.82, 2.24) is 5.32 Å². The third-order valence-electron chi connectivity index (χ3n) is 3.22. The first kappa shape index (κ1) is 11.1. The highest BCUT2D eigenvalue weighted by Gasteiger charge is 2.29. The molecule has 0 unspecified atom stereocenters. The molecule has 1 aromatic carbocycles. The number of carbonyl (C=O) groups is 1. The monoisotopic (exact) mass is 218 g/mol. The van der Waals surface area contributed by atoms with Crippen molar-refractivity contribution in [1.29, 1.82) is 0 Å². The van der Waals surface area contributed by atoms with Crippen molar-refractivity contribution in [3.8, 4) is 0 Å². The molecule has 0 aromatic heterocycles. The number of hydrogen-bond donors (Lipinski definition) is 2. The minimum atomic E-state index is 0.0173. The maximum atomic E-state index is 11.8. The predicted octanol–water partition coefficient (Wildman–Crippen LogP) is 1.43. The molecule has 2 atom stereocenters. The average Bonchev–Trinajstić information content (AvgIpc) is 2.74. The van der Waals surface area contributed by atoms with Gasteiger partial charge in [-0.3, -0.25) is 4.79 Å². The van der Waals surface area contributed by atoms with E-state index >= 15 is 0 Å². The molecule has 0 radical (unpaired) electrons. The quantitative estimate of drug-likeness (QED) is 0.806. The van der Waals surface area contributed by atoms with Gasteiger partial charge in [-0.05, 0) is 18.4 Å². The summed E-state index contributed by atoms with van der Waals surface area (Å²) in [7, 11) is 0. The lowest BCUT2D eigenvalue weighted by Crippen LogP contribution is -2.38. The van der Waals surface area contributed by atoms with Crippen molar-refractivity contribution >= 4 is 5.91 Å².